The van der Waals surface area contributed by atoms with Gasteiger partial charge in [-0.3, -0.25) is 4.79 Å². The fourth-order valence-electron chi connectivity index (χ4n) is 2.32. The third-order valence-electron chi connectivity index (χ3n) is 3.18. The van der Waals surface area contributed by atoms with Crippen LogP contribution < -0.4 is 5.32 Å². The van der Waals surface area contributed by atoms with E-state index in [1.807, 2.05) is 30.7 Å². The lowest BCUT2D eigenvalue weighted by Crippen LogP contribution is -2.28. The lowest BCUT2D eigenvalue weighted by molar-refractivity contribution is -0.109. The molecule has 1 N–H and O–H groups in total. The summed E-state index contributed by atoms with van der Waals surface area (Å²) in [7, 11) is -3.53. The average Bonchev–Trinajstić information content (AvgIpc) is 2.73. The molecule has 1 aromatic heterocycles. The monoisotopic (exact) mass is 385 g/mol. The summed E-state index contributed by atoms with van der Waals surface area (Å²) < 4.78 is 26.6. The SMILES string of the molecule is Cc1cn(-c2ccc(Br)cc2C(NC=O)S(C)(=O)=O)c(C)n1. The van der Waals surface area contributed by atoms with Gasteiger partial charge in [-0.1, -0.05) is 15.9 Å². The molecule has 2 aromatic rings. The molecule has 0 saturated heterocycles. The van der Waals surface area contributed by atoms with Crippen molar-refractivity contribution in [3.8, 4) is 5.69 Å². The molecule has 0 radical (unpaired) electrons. The predicted octanol–water partition coefficient (Wildman–Crippen LogP) is 2.04. The zero-order valence-corrected chi connectivity index (χ0v) is 14.8. The number of rotatable bonds is 5. The van der Waals surface area contributed by atoms with Crippen molar-refractivity contribution >= 4 is 32.2 Å². The molecule has 0 saturated carbocycles. The van der Waals surface area contributed by atoms with Crippen LogP contribution in [0.2, 0.25) is 0 Å². The molecule has 6 nitrogen and oxygen atoms in total. The van der Waals surface area contributed by atoms with E-state index in [0.29, 0.717) is 17.7 Å². The number of carbonyl (C=O) groups is 1. The van der Waals surface area contributed by atoms with Crippen LogP contribution >= 0.6 is 15.9 Å². The molecule has 0 fully saturated rings. The van der Waals surface area contributed by atoms with Crippen molar-refractivity contribution in [3.05, 3.63) is 46.0 Å². The summed E-state index contributed by atoms with van der Waals surface area (Å²) in [6, 6.07) is 5.29. The Kier molecular flexibility index (Phi) is 4.72. The second kappa shape index (κ2) is 6.21. The Bertz CT molecular complexity index is 815. The standard InChI is InChI=1S/C14H16BrN3O3S/c1-9-7-18(10(2)17-9)13-5-4-11(15)6-12(13)14(16-8-19)22(3,20)21/h4-8,14H,1-3H3,(H,16,19). The summed E-state index contributed by atoms with van der Waals surface area (Å²) in [6.45, 7) is 3.70. The first-order valence-electron chi connectivity index (χ1n) is 6.45. The fourth-order valence-corrected chi connectivity index (χ4v) is 3.65. The largest absolute Gasteiger partial charge is 0.338 e. The molecule has 0 bridgehead atoms. The summed E-state index contributed by atoms with van der Waals surface area (Å²) in [5.41, 5.74) is 1.96. The van der Waals surface area contributed by atoms with Crippen molar-refractivity contribution in [2.24, 2.45) is 0 Å². The van der Waals surface area contributed by atoms with Crippen LogP contribution in [0.5, 0.6) is 0 Å². The highest BCUT2D eigenvalue weighted by Crippen LogP contribution is 2.29. The molecule has 8 heteroatoms. The number of aryl methyl sites for hydroxylation is 2. The second-order valence-electron chi connectivity index (χ2n) is 5.00. The molecule has 1 atom stereocenters. The maximum absolute atomic E-state index is 12.0. The van der Waals surface area contributed by atoms with Crippen LogP contribution in [0.4, 0.5) is 0 Å². The molecule has 1 heterocycles. The highest BCUT2D eigenvalue weighted by atomic mass is 79.9. The van der Waals surface area contributed by atoms with Gasteiger partial charge in [0.2, 0.25) is 6.41 Å². The Labute approximate surface area is 137 Å². The fraction of sp³-hybridized carbons (Fsp3) is 0.286. The third kappa shape index (κ3) is 3.38. The van der Waals surface area contributed by atoms with Crippen molar-refractivity contribution in [1.29, 1.82) is 0 Å². The van der Waals surface area contributed by atoms with Gasteiger partial charge in [0, 0.05) is 22.5 Å². The van der Waals surface area contributed by atoms with Gasteiger partial charge in [-0.2, -0.15) is 0 Å². The first-order chi connectivity index (χ1) is 10.2. The molecular formula is C14H16BrN3O3S. The van der Waals surface area contributed by atoms with Crippen molar-refractivity contribution in [2.45, 2.75) is 19.2 Å². The lowest BCUT2D eigenvalue weighted by atomic mass is 10.1. The number of sulfone groups is 1. The molecular weight excluding hydrogens is 370 g/mol. The number of hydrogen-bond donors (Lipinski definition) is 1. The van der Waals surface area contributed by atoms with Crippen molar-refractivity contribution < 1.29 is 13.2 Å². The van der Waals surface area contributed by atoms with Gasteiger partial charge in [0.15, 0.2) is 15.2 Å². The summed E-state index contributed by atoms with van der Waals surface area (Å²) >= 11 is 3.34. The van der Waals surface area contributed by atoms with Crippen LogP contribution in [0.15, 0.2) is 28.9 Å². The van der Waals surface area contributed by atoms with Crippen LogP contribution in [0.25, 0.3) is 5.69 Å². The van der Waals surface area contributed by atoms with E-state index < -0.39 is 15.2 Å². The smallest absolute Gasteiger partial charge is 0.208 e. The third-order valence-corrected chi connectivity index (χ3v) is 4.92. The van der Waals surface area contributed by atoms with E-state index in [2.05, 4.69) is 26.2 Å². The van der Waals surface area contributed by atoms with E-state index in [1.54, 1.807) is 12.1 Å². The van der Waals surface area contributed by atoms with Crippen LogP contribution in [-0.4, -0.2) is 30.6 Å². The Balaban J connectivity index is 2.71. The van der Waals surface area contributed by atoms with Crippen LogP contribution in [0, 0.1) is 13.8 Å². The first-order valence-corrected chi connectivity index (χ1v) is 9.19. The topological polar surface area (TPSA) is 81.1 Å². The number of halogens is 1. The van der Waals surface area contributed by atoms with Gasteiger partial charge in [-0.25, -0.2) is 13.4 Å². The number of nitrogens with one attached hydrogen (secondary N) is 1. The van der Waals surface area contributed by atoms with Crippen molar-refractivity contribution in [2.75, 3.05) is 6.26 Å². The molecule has 1 unspecified atom stereocenters. The minimum Gasteiger partial charge on any atom is -0.338 e. The number of benzene rings is 1. The first kappa shape index (κ1) is 16.7. The van der Waals surface area contributed by atoms with Gasteiger partial charge in [-0.15, -0.1) is 0 Å². The molecule has 0 spiro atoms. The molecule has 0 aliphatic rings. The number of carbonyl (C=O) groups excluding carboxylic acids is 1. The summed E-state index contributed by atoms with van der Waals surface area (Å²) in [4.78, 5) is 15.2. The van der Waals surface area contributed by atoms with Crippen molar-refractivity contribution in [1.82, 2.24) is 14.9 Å². The maximum atomic E-state index is 12.0. The quantitative estimate of drug-likeness (QED) is 0.798. The zero-order valence-electron chi connectivity index (χ0n) is 12.4. The van der Waals surface area contributed by atoms with E-state index >= 15 is 0 Å². The number of aromatic nitrogens is 2. The molecule has 1 aromatic carbocycles. The Morgan fingerprint density at radius 1 is 1.36 bits per heavy atom. The highest BCUT2D eigenvalue weighted by molar-refractivity contribution is 9.10. The minimum absolute atomic E-state index is 0.391. The average molecular weight is 386 g/mol. The van der Waals surface area contributed by atoms with Crippen LogP contribution in [0.1, 0.15) is 22.5 Å². The minimum atomic E-state index is -3.53. The molecule has 1 amide bonds. The van der Waals surface area contributed by atoms with E-state index in [0.717, 1.165) is 22.2 Å². The van der Waals surface area contributed by atoms with E-state index in [4.69, 9.17) is 0 Å². The molecule has 118 valence electrons. The summed E-state index contributed by atoms with van der Waals surface area (Å²) in [6.07, 6.45) is 3.30. The second-order valence-corrected chi connectivity index (χ2v) is 8.04. The van der Waals surface area contributed by atoms with Gasteiger partial charge in [0.25, 0.3) is 0 Å². The Morgan fingerprint density at radius 3 is 2.55 bits per heavy atom. The number of hydrogen-bond acceptors (Lipinski definition) is 4. The van der Waals surface area contributed by atoms with E-state index in [9.17, 15) is 13.2 Å². The molecule has 0 aliphatic carbocycles. The number of nitrogens with zero attached hydrogens (tertiary/aromatic N) is 2. The van der Waals surface area contributed by atoms with Gasteiger partial charge >= 0.3 is 0 Å². The van der Waals surface area contributed by atoms with Crippen LogP contribution in [-0.2, 0) is 14.6 Å². The van der Waals surface area contributed by atoms with Gasteiger partial charge in [0.05, 0.1) is 11.4 Å². The van der Waals surface area contributed by atoms with Gasteiger partial charge < -0.3 is 9.88 Å². The summed E-state index contributed by atoms with van der Waals surface area (Å²) in [5.74, 6) is 0.736. The zero-order chi connectivity index (χ0) is 16.5. The van der Waals surface area contributed by atoms with Gasteiger partial charge in [-0.05, 0) is 32.0 Å². The molecule has 0 aliphatic heterocycles. The molecule has 2 rings (SSSR count). The van der Waals surface area contributed by atoms with E-state index in [-0.39, 0.29) is 0 Å². The molecule has 22 heavy (non-hydrogen) atoms. The summed E-state index contributed by atoms with van der Waals surface area (Å²) in [5, 5.41) is 1.25. The number of imidazole rings is 1. The maximum Gasteiger partial charge on any atom is 0.208 e. The Morgan fingerprint density at radius 2 is 2.05 bits per heavy atom. The Hall–Kier alpha value is -1.67. The van der Waals surface area contributed by atoms with E-state index in [1.165, 1.54) is 0 Å². The number of amides is 1. The lowest BCUT2D eigenvalue weighted by Gasteiger charge is -2.19. The van der Waals surface area contributed by atoms with Gasteiger partial charge in [0.1, 0.15) is 5.82 Å². The van der Waals surface area contributed by atoms with Crippen LogP contribution in [0.3, 0.4) is 0 Å². The van der Waals surface area contributed by atoms with Crippen molar-refractivity contribution in [3.63, 3.8) is 0 Å². The highest BCUT2D eigenvalue weighted by Gasteiger charge is 2.26. The predicted molar refractivity (Wildman–Crippen MR) is 87.5 cm³/mol. The normalized spacial score (nSPS) is 12.9.